The Labute approximate surface area is 76.9 Å². The molecule has 0 atom stereocenters. The highest BCUT2D eigenvalue weighted by atomic mass is 16.5. The van der Waals surface area contributed by atoms with Crippen LogP contribution in [-0.4, -0.2) is 31.6 Å². The van der Waals surface area contributed by atoms with Gasteiger partial charge in [-0.15, -0.1) is 0 Å². The molecule has 0 spiro atoms. The topological polar surface area (TPSA) is 81.4 Å². The van der Waals surface area contributed by atoms with E-state index in [4.69, 9.17) is 10.5 Å². The largest absolute Gasteiger partial charge is 0.370 e. The van der Waals surface area contributed by atoms with Gasteiger partial charge in [-0.3, -0.25) is 9.59 Å². The Balaban J connectivity index is 3.25. The summed E-state index contributed by atoms with van der Waals surface area (Å²) in [6.07, 6.45) is 3.05. The minimum absolute atomic E-state index is 0.112. The second kappa shape index (κ2) is 7.30. The van der Waals surface area contributed by atoms with Crippen molar-refractivity contribution in [1.29, 1.82) is 0 Å². The lowest BCUT2D eigenvalue weighted by atomic mass is 10.5. The SMILES string of the molecule is C/C=C/C(=O)NCCOCC(N)=O. The molecule has 0 saturated carbocycles. The number of carbonyl (C=O) groups is 2. The quantitative estimate of drug-likeness (QED) is 0.420. The van der Waals surface area contributed by atoms with Crippen molar-refractivity contribution in [1.82, 2.24) is 5.32 Å². The summed E-state index contributed by atoms with van der Waals surface area (Å²) in [5, 5.41) is 2.55. The number of nitrogens with two attached hydrogens (primary N) is 1. The molecule has 74 valence electrons. The first-order valence-electron chi connectivity index (χ1n) is 3.93. The van der Waals surface area contributed by atoms with E-state index in [1.54, 1.807) is 13.0 Å². The number of hydrogen-bond acceptors (Lipinski definition) is 3. The molecule has 0 saturated heterocycles. The molecule has 5 nitrogen and oxygen atoms in total. The van der Waals surface area contributed by atoms with Crippen LogP contribution >= 0.6 is 0 Å². The van der Waals surface area contributed by atoms with Crippen molar-refractivity contribution >= 4 is 11.8 Å². The van der Waals surface area contributed by atoms with Crippen LogP contribution in [0.1, 0.15) is 6.92 Å². The van der Waals surface area contributed by atoms with Crippen molar-refractivity contribution in [2.24, 2.45) is 5.73 Å². The van der Waals surface area contributed by atoms with Gasteiger partial charge in [-0.1, -0.05) is 6.08 Å². The number of nitrogens with one attached hydrogen (secondary N) is 1. The molecule has 0 rings (SSSR count). The fourth-order valence-electron chi connectivity index (χ4n) is 0.629. The molecule has 3 N–H and O–H groups in total. The maximum Gasteiger partial charge on any atom is 0.243 e. The third-order valence-corrected chi connectivity index (χ3v) is 1.11. The molecule has 0 heterocycles. The standard InChI is InChI=1S/C8H14N2O3/c1-2-3-8(12)10-4-5-13-6-7(9)11/h2-3H,4-6H2,1H3,(H2,9,11)(H,10,12)/b3-2+. The average Bonchev–Trinajstić information content (AvgIpc) is 2.03. The molecular formula is C8H14N2O3. The van der Waals surface area contributed by atoms with Gasteiger partial charge in [0.25, 0.3) is 0 Å². The van der Waals surface area contributed by atoms with Crippen LogP contribution < -0.4 is 11.1 Å². The molecule has 0 fully saturated rings. The van der Waals surface area contributed by atoms with Crippen molar-refractivity contribution in [3.05, 3.63) is 12.2 Å². The van der Waals surface area contributed by atoms with E-state index in [1.807, 2.05) is 0 Å². The monoisotopic (exact) mass is 186 g/mol. The normalized spacial score (nSPS) is 10.2. The Morgan fingerprint density at radius 1 is 1.54 bits per heavy atom. The fourth-order valence-corrected chi connectivity index (χ4v) is 0.629. The van der Waals surface area contributed by atoms with Crippen LogP contribution in [0.5, 0.6) is 0 Å². The van der Waals surface area contributed by atoms with Crippen LogP contribution in [0.4, 0.5) is 0 Å². The van der Waals surface area contributed by atoms with Crippen LogP contribution in [0.15, 0.2) is 12.2 Å². The highest BCUT2D eigenvalue weighted by Gasteiger charge is 1.95. The lowest BCUT2D eigenvalue weighted by molar-refractivity contribution is -0.122. The van der Waals surface area contributed by atoms with Crippen LogP contribution in [0, 0.1) is 0 Å². The lowest BCUT2D eigenvalue weighted by Crippen LogP contribution is -2.27. The van der Waals surface area contributed by atoms with Crippen LogP contribution in [0.3, 0.4) is 0 Å². The Hall–Kier alpha value is -1.36. The van der Waals surface area contributed by atoms with Crippen molar-refractivity contribution in [3.63, 3.8) is 0 Å². The van der Waals surface area contributed by atoms with Gasteiger partial charge in [0.15, 0.2) is 0 Å². The molecule has 13 heavy (non-hydrogen) atoms. The van der Waals surface area contributed by atoms with E-state index in [0.29, 0.717) is 6.54 Å². The zero-order valence-corrected chi connectivity index (χ0v) is 7.58. The third-order valence-electron chi connectivity index (χ3n) is 1.11. The molecule has 0 aromatic heterocycles. The Morgan fingerprint density at radius 3 is 2.77 bits per heavy atom. The first kappa shape index (κ1) is 11.6. The summed E-state index contributed by atoms with van der Waals surface area (Å²) in [7, 11) is 0. The highest BCUT2D eigenvalue weighted by molar-refractivity contribution is 5.87. The van der Waals surface area contributed by atoms with E-state index in [-0.39, 0.29) is 19.1 Å². The molecule has 0 unspecified atom stereocenters. The van der Waals surface area contributed by atoms with Gasteiger partial charge in [-0.25, -0.2) is 0 Å². The summed E-state index contributed by atoms with van der Waals surface area (Å²) in [5.74, 6) is -0.690. The molecule has 0 aliphatic rings. The second-order valence-electron chi connectivity index (χ2n) is 2.31. The summed E-state index contributed by atoms with van der Waals surface area (Å²) < 4.78 is 4.81. The summed E-state index contributed by atoms with van der Waals surface area (Å²) in [4.78, 5) is 21.0. The first-order valence-corrected chi connectivity index (χ1v) is 3.93. The molecule has 0 aliphatic heterocycles. The van der Waals surface area contributed by atoms with E-state index < -0.39 is 5.91 Å². The number of hydrogen-bond donors (Lipinski definition) is 2. The maximum atomic E-state index is 10.8. The van der Waals surface area contributed by atoms with E-state index in [0.717, 1.165) is 0 Å². The maximum absolute atomic E-state index is 10.8. The summed E-state index contributed by atoms with van der Waals surface area (Å²) in [5.41, 5.74) is 4.82. The Bertz CT molecular complexity index is 202. The lowest BCUT2D eigenvalue weighted by Gasteiger charge is -2.01. The molecule has 0 radical (unpaired) electrons. The van der Waals surface area contributed by atoms with Gasteiger partial charge in [0, 0.05) is 6.54 Å². The molecule has 2 amide bonds. The minimum atomic E-state index is -0.514. The molecular weight excluding hydrogens is 172 g/mol. The van der Waals surface area contributed by atoms with Gasteiger partial charge in [-0.2, -0.15) is 0 Å². The molecule has 0 aromatic rings. The van der Waals surface area contributed by atoms with Crippen LogP contribution in [0.2, 0.25) is 0 Å². The second-order valence-corrected chi connectivity index (χ2v) is 2.31. The zero-order chi connectivity index (χ0) is 10.1. The number of carbonyl (C=O) groups excluding carboxylic acids is 2. The van der Waals surface area contributed by atoms with E-state index in [1.165, 1.54) is 6.08 Å². The summed E-state index contributed by atoms with van der Waals surface area (Å²) in [6, 6.07) is 0. The summed E-state index contributed by atoms with van der Waals surface area (Å²) >= 11 is 0. The van der Waals surface area contributed by atoms with Crippen molar-refractivity contribution in [3.8, 4) is 0 Å². The Morgan fingerprint density at radius 2 is 2.23 bits per heavy atom. The smallest absolute Gasteiger partial charge is 0.243 e. The fraction of sp³-hybridized carbons (Fsp3) is 0.500. The number of amides is 2. The predicted molar refractivity (Wildman–Crippen MR) is 47.8 cm³/mol. The van der Waals surface area contributed by atoms with Gasteiger partial charge in [-0.05, 0) is 13.0 Å². The highest BCUT2D eigenvalue weighted by Crippen LogP contribution is 1.74. The Kier molecular flexibility index (Phi) is 6.53. The molecule has 5 heteroatoms. The van der Waals surface area contributed by atoms with Crippen LogP contribution in [0.25, 0.3) is 0 Å². The predicted octanol–water partition coefficient (Wildman–Crippen LogP) is -0.819. The van der Waals surface area contributed by atoms with E-state index in [9.17, 15) is 9.59 Å². The van der Waals surface area contributed by atoms with Crippen molar-refractivity contribution < 1.29 is 14.3 Å². The van der Waals surface area contributed by atoms with Crippen LogP contribution in [-0.2, 0) is 14.3 Å². The van der Waals surface area contributed by atoms with Gasteiger partial charge in [0.2, 0.25) is 11.8 Å². The average molecular weight is 186 g/mol. The minimum Gasteiger partial charge on any atom is -0.370 e. The van der Waals surface area contributed by atoms with E-state index >= 15 is 0 Å². The number of ether oxygens (including phenoxy) is 1. The molecule has 0 aromatic carbocycles. The number of allylic oxidation sites excluding steroid dienone is 1. The van der Waals surface area contributed by atoms with Gasteiger partial charge in [0.05, 0.1) is 6.61 Å². The third kappa shape index (κ3) is 8.55. The molecule has 0 bridgehead atoms. The number of rotatable bonds is 6. The first-order chi connectivity index (χ1) is 6.16. The van der Waals surface area contributed by atoms with Gasteiger partial charge >= 0.3 is 0 Å². The zero-order valence-electron chi connectivity index (χ0n) is 7.58. The molecule has 0 aliphatic carbocycles. The van der Waals surface area contributed by atoms with Crippen molar-refractivity contribution in [2.45, 2.75) is 6.92 Å². The van der Waals surface area contributed by atoms with Gasteiger partial charge < -0.3 is 15.8 Å². The van der Waals surface area contributed by atoms with E-state index in [2.05, 4.69) is 5.32 Å². The van der Waals surface area contributed by atoms with Crippen molar-refractivity contribution in [2.75, 3.05) is 19.8 Å². The number of primary amides is 1. The van der Waals surface area contributed by atoms with Gasteiger partial charge in [0.1, 0.15) is 6.61 Å². The summed E-state index contributed by atoms with van der Waals surface area (Å²) in [6.45, 7) is 2.30.